The Kier molecular flexibility index (Phi) is 4.19. The van der Waals surface area contributed by atoms with E-state index in [1.165, 1.54) is 70.9 Å². The first kappa shape index (κ1) is 13.9. The Hall–Kier alpha value is -0.0800. The highest BCUT2D eigenvalue weighted by molar-refractivity contribution is 5.05. The third kappa shape index (κ3) is 3.00. The Morgan fingerprint density at radius 2 is 1.74 bits per heavy atom. The van der Waals surface area contributed by atoms with Crippen molar-refractivity contribution < 1.29 is 0 Å². The van der Waals surface area contributed by atoms with Gasteiger partial charge in [0, 0.05) is 30.7 Å². The van der Waals surface area contributed by atoms with Crippen LogP contribution in [0.4, 0.5) is 0 Å². The predicted octanol–water partition coefficient (Wildman–Crippen LogP) is 3.56. The van der Waals surface area contributed by atoms with Crippen molar-refractivity contribution >= 4 is 0 Å². The largest absolute Gasteiger partial charge is 0.308 e. The van der Waals surface area contributed by atoms with Gasteiger partial charge in [0.2, 0.25) is 0 Å². The predicted molar refractivity (Wildman–Crippen MR) is 81.4 cm³/mol. The van der Waals surface area contributed by atoms with E-state index in [0.29, 0.717) is 5.54 Å². The quantitative estimate of drug-likeness (QED) is 0.784. The maximum Gasteiger partial charge on any atom is 0.0309 e. The van der Waals surface area contributed by atoms with Crippen LogP contribution in [0.25, 0.3) is 0 Å². The lowest BCUT2D eigenvalue weighted by Crippen LogP contribution is -2.65. The highest BCUT2D eigenvalue weighted by atomic mass is 15.3. The topological polar surface area (TPSA) is 15.3 Å². The molecule has 2 aliphatic carbocycles. The van der Waals surface area contributed by atoms with E-state index in [1.54, 1.807) is 0 Å². The molecule has 0 aromatic heterocycles. The van der Waals surface area contributed by atoms with E-state index in [1.807, 2.05) is 0 Å². The molecule has 0 radical (unpaired) electrons. The normalized spacial score (nSPS) is 39.2. The van der Waals surface area contributed by atoms with E-state index >= 15 is 0 Å². The van der Waals surface area contributed by atoms with Crippen molar-refractivity contribution in [2.45, 2.75) is 89.3 Å². The third-order valence-electron chi connectivity index (χ3n) is 5.96. The summed E-state index contributed by atoms with van der Waals surface area (Å²) in [6.45, 7) is 7.39. The molecule has 2 unspecified atom stereocenters. The lowest BCUT2D eigenvalue weighted by molar-refractivity contribution is 0.0309. The van der Waals surface area contributed by atoms with Crippen molar-refractivity contribution in [2.24, 2.45) is 5.92 Å². The second-order valence-corrected chi connectivity index (χ2v) is 7.45. The maximum absolute atomic E-state index is 3.90. The van der Waals surface area contributed by atoms with Crippen molar-refractivity contribution in [3.8, 4) is 0 Å². The summed E-state index contributed by atoms with van der Waals surface area (Å²) in [5.41, 5.74) is 0.415. The van der Waals surface area contributed by atoms with Crippen molar-refractivity contribution in [3.05, 3.63) is 0 Å². The van der Waals surface area contributed by atoms with Gasteiger partial charge in [0.05, 0.1) is 0 Å². The molecule has 1 heterocycles. The summed E-state index contributed by atoms with van der Waals surface area (Å²) in [7, 11) is 0. The molecule has 0 aromatic rings. The second-order valence-electron chi connectivity index (χ2n) is 7.45. The molecule has 3 fully saturated rings. The van der Waals surface area contributed by atoms with Crippen LogP contribution >= 0.6 is 0 Å². The van der Waals surface area contributed by atoms with E-state index in [0.717, 1.165) is 18.0 Å². The Balaban J connectivity index is 1.70. The van der Waals surface area contributed by atoms with E-state index < -0.39 is 0 Å². The summed E-state index contributed by atoms with van der Waals surface area (Å²) in [5, 5.41) is 3.90. The summed E-state index contributed by atoms with van der Waals surface area (Å²) in [4.78, 5) is 2.92. The van der Waals surface area contributed by atoms with Gasteiger partial charge in [-0.15, -0.1) is 0 Å². The lowest BCUT2D eigenvalue weighted by atomic mass is 9.88. The minimum atomic E-state index is 0.415. The number of hydrogen-bond donors (Lipinski definition) is 1. The molecule has 3 aliphatic rings. The van der Waals surface area contributed by atoms with Crippen LogP contribution < -0.4 is 5.32 Å². The first-order chi connectivity index (χ1) is 9.23. The standard InChI is InChI=1S/C17H32N2/c1-3-15-12-18-17(2,14-10-11-14)13-19(15)16-8-6-4-5-7-9-16/h14-16,18H,3-13H2,1-2H3. The van der Waals surface area contributed by atoms with Crippen LogP contribution in [-0.2, 0) is 0 Å². The van der Waals surface area contributed by atoms with Gasteiger partial charge in [-0.25, -0.2) is 0 Å². The molecular formula is C17H32N2. The van der Waals surface area contributed by atoms with Gasteiger partial charge in [-0.3, -0.25) is 4.90 Å². The lowest BCUT2D eigenvalue weighted by Gasteiger charge is -2.49. The molecule has 19 heavy (non-hydrogen) atoms. The summed E-state index contributed by atoms with van der Waals surface area (Å²) < 4.78 is 0. The molecular weight excluding hydrogens is 232 g/mol. The van der Waals surface area contributed by atoms with Gasteiger partial charge in [-0.1, -0.05) is 32.6 Å². The molecule has 2 saturated carbocycles. The number of nitrogens with one attached hydrogen (secondary N) is 1. The van der Waals surface area contributed by atoms with Crippen molar-refractivity contribution in [1.29, 1.82) is 0 Å². The van der Waals surface area contributed by atoms with Crippen LogP contribution in [0.2, 0.25) is 0 Å². The van der Waals surface area contributed by atoms with Gasteiger partial charge in [-0.05, 0) is 44.9 Å². The summed E-state index contributed by atoms with van der Waals surface area (Å²) >= 11 is 0. The van der Waals surface area contributed by atoms with Crippen LogP contribution in [-0.4, -0.2) is 35.6 Å². The van der Waals surface area contributed by atoms with Crippen molar-refractivity contribution in [3.63, 3.8) is 0 Å². The van der Waals surface area contributed by atoms with Crippen molar-refractivity contribution in [1.82, 2.24) is 10.2 Å². The average Bonchev–Trinajstić information content (AvgIpc) is 3.25. The van der Waals surface area contributed by atoms with E-state index in [9.17, 15) is 0 Å². The van der Waals surface area contributed by atoms with E-state index in [4.69, 9.17) is 0 Å². The molecule has 2 nitrogen and oxygen atoms in total. The number of hydrogen-bond acceptors (Lipinski definition) is 2. The fourth-order valence-electron chi connectivity index (χ4n) is 4.42. The molecule has 0 amide bonds. The molecule has 1 saturated heterocycles. The van der Waals surface area contributed by atoms with Gasteiger partial charge in [0.25, 0.3) is 0 Å². The molecule has 2 atom stereocenters. The Morgan fingerprint density at radius 3 is 2.32 bits per heavy atom. The van der Waals surface area contributed by atoms with Crippen LogP contribution in [0.5, 0.6) is 0 Å². The van der Waals surface area contributed by atoms with Crippen molar-refractivity contribution in [2.75, 3.05) is 13.1 Å². The Morgan fingerprint density at radius 1 is 1.05 bits per heavy atom. The average molecular weight is 264 g/mol. The molecule has 0 aromatic carbocycles. The van der Waals surface area contributed by atoms with Crippen LogP contribution in [0.1, 0.15) is 71.6 Å². The first-order valence-corrected chi connectivity index (χ1v) is 8.74. The molecule has 3 rings (SSSR count). The zero-order chi connectivity index (χ0) is 13.3. The van der Waals surface area contributed by atoms with Crippen LogP contribution in [0.15, 0.2) is 0 Å². The fourth-order valence-corrected chi connectivity index (χ4v) is 4.42. The monoisotopic (exact) mass is 264 g/mol. The van der Waals surface area contributed by atoms with Gasteiger partial charge in [0.15, 0.2) is 0 Å². The minimum Gasteiger partial charge on any atom is -0.308 e. The highest BCUT2D eigenvalue weighted by Crippen LogP contribution is 2.42. The van der Waals surface area contributed by atoms with Gasteiger partial charge < -0.3 is 5.32 Å². The smallest absolute Gasteiger partial charge is 0.0309 e. The molecule has 0 spiro atoms. The molecule has 1 aliphatic heterocycles. The third-order valence-corrected chi connectivity index (χ3v) is 5.96. The fraction of sp³-hybridized carbons (Fsp3) is 1.00. The summed E-state index contributed by atoms with van der Waals surface area (Å²) in [5.74, 6) is 0.957. The number of nitrogens with zero attached hydrogens (tertiary/aromatic N) is 1. The highest BCUT2D eigenvalue weighted by Gasteiger charge is 2.46. The zero-order valence-electron chi connectivity index (χ0n) is 13.0. The Bertz CT molecular complexity index is 292. The molecule has 1 N–H and O–H groups in total. The molecule has 110 valence electrons. The molecule has 0 bridgehead atoms. The maximum atomic E-state index is 3.90. The first-order valence-electron chi connectivity index (χ1n) is 8.74. The second kappa shape index (κ2) is 5.73. The number of rotatable bonds is 3. The van der Waals surface area contributed by atoms with Gasteiger partial charge in [-0.2, -0.15) is 0 Å². The Labute approximate surface area is 119 Å². The van der Waals surface area contributed by atoms with E-state index in [2.05, 4.69) is 24.1 Å². The summed E-state index contributed by atoms with van der Waals surface area (Å²) in [6.07, 6.45) is 13.0. The van der Waals surface area contributed by atoms with E-state index in [-0.39, 0.29) is 0 Å². The minimum absolute atomic E-state index is 0.415. The number of piperazine rings is 1. The van der Waals surface area contributed by atoms with Gasteiger partial charge >= 0.3 is 0 Å². The van der Waals surface area contributed by atoms with Crippen LogP contribution in [0.3, 0.4) is 0 Å². The molecule has 2 heteroatoms. The zero-order valence-corrected chi connectivity index (χ0v) is 13.0. The SMILES string of the molecule is CCC1CNC(C)(C2CC2)CN1C1CCCCCC1. The summed E-state index contributed by atoms with van der Waals surface area (Å²) in [6, 6.07) is 1.67. The van der Waals surface area contributed by atoms with Gasteiger partial charge in [0.1, 0.15) is 0 Å². The van der Waals surface area contributed by atoms with Crippen LogP contribution in [0, 0.1) is 5.92 Å².